The molecule has 1 aliphatic heterocycles. The number of aromatic nitrogens is 7. The van der Waals surface area contributed by atoms with Gasteiger partial charge in [0.15, 0.2) is 11.6 Å². The van der Waals surface area contributed by atoms with Crippen molar-refractivity contribution < 1.29 is 8.78 Å². The van der Waals surface area contributed by atoms with Gasteiger partial charge in [-0.25, -0.2) is 18.7 Å². The Labute approximate surface area is 187 Å². The fourth-order valence-corrected chi connectivity index (χ4v) is 4.87. The van der Waals surface area contributed by atoms with E-state index in [1.54, 1.807) is 31.0 Å². The highest BCUT2D eigenvalue weighted by Gasteiger charge is 2.31. The first-order chi connectivity index (χ1) is 16.2. The minimum atomic E-state index is -0.878. The van der Waals surface area contributed by atoms with Crippen molar-refractivity contribution in [2.75, 3.05) is 23.3 Å². The van der Waals surface area contributed by atoms with E-state index in [4.69, 9.17) is 0 Å². The van der Waals surface area contributed by atoms with Crippen LogP contribution >= 0.6 is 0 Å². The summed E-state index contributed by atoms with van der Waals surface area (Å²) in [6.07, 6.45) is 10.3. The fraction of sp³-hybridized carbons (Fsp3) is 0.318. The summed E-state index contributed by atoms with van der Waals surface area (Å²) < 4.78 is 29.5. The standard InChI is InChI=1S/C22H21F2N9/c23-16-6-13-5-14(29-18-9-25-2-3-26-18)7-15(13)20(21(16)24)22-27-10-19(30-22)33-4-1-12(11-33)17-8-28-32-31-17/h2-3,6,8-10,12,14H,1,4-5,7,11H2,(H,26,29)(H,27,30)(H,28,31,32). The van der Waals surface area contributed by atoms with Crippen LogP contribution in [0.1, 0.15) is 29.2 Å². The fourth-order valence-electron chi connectivity index (χ4n) is 4.87. The number of nitrogens with one attached hydrogen (secondary N) is 3. The number of nitrogens with zero attached hydrogens (tertiary/aromatic N) is 6. The second-order valence-corrected chi connectivity index (χ2v) is 8.47. The lowest BCUT2D eigenvalue weighted by atomic mass is 10.0. The molecule has 0 bridgehead atoms. The first-order valence-electron chi connectivity index (χ1n) is 10.8. The predicted octanol–water partition coefficient (Wildman–Crippen LogP) is 2.84. The van der Waals surface area contributed by atoms with E-state index in [0.717, 1.165) is 42.1 Å². The van der Waals surface area contributed by atoms with E-state index in [1.165, 1.54) is 6.07 Å². The summed E-state index contributed by atoms with van der Waals surface area (Å²) in [6.45, 7) is 1.56. The van der Waals surface area contributed by atoms with E-state index < -0.39 is 11.6 Å². The van der Waals surface area contributed by atoms with E-state index in [1.807, 2.05) is 0 Å². The molecular weight excluding hydrogens is 428 g/mol. The Kier molecular flexibility index (Phi) is 4.74. The van der Waals surface area contributed by atoms with Gasteiger partial charge in [0.2, 0.25) is 0 Å². The van der Waals surface area contributed by atoms with Crippen molar-refractivity contribution in [3.8, 4) is 11.4 Å². The molecule has 1 saturated heterocycles. The van der Waals surface area contributed by atoms with Gasteiger partial charge in [0, 0.05) is 37.4 Å². The zero-order valence-corrected chi connectivity index (χ0v) is 17.6. The lowest BCUT2D eigenvalue weighted by Crippen LogP contribution is -2.20. The van der Waals surface area contributed by atoms with Crippen molar-refractivity contribution in [3.05, 3.63) is 65.5 Å². The van der Waals surface area contributed by atoms with Crippen LogP contribution in [-0.2, 0) is 12.8 Å². The lowest BCUT2D eigenvalue weighted by Gasteiger charge is -2.15. The topological polar surface area (TPSA) is 111 Å². The number of halogens is 2. The van der Waals surface area contributed by atoms with Crippen molar-refractivity contribution in [1.82, 2.24) is 35.3 Å². The van der Waals surface area contributed by atoms with Gasteiger partial charge >= 0.3 is 0 Å². The van der Waals surface area contributed by atoms with Gasteiger partial charge in [0.1, 0.15) is 17.5 Å². The van der Waals surface area contributed by atoms with E-state index in [9.17, 15) is 4.39 Å². The predicted molar refractivity (Wildman–Crippen MR) is 117 cm³/mol. The summed E-state index contributed by atoms with van der Waals surface area (Å²) in [4.78, 5) is 18.1. The molecule has 3 aromatic heterocycles. The molecule has 1 aliphatic carbocycles. The number of H-pyrrole nitrogens is 2. The molecule has 11 heteroatoms. The maximum atomic E-state index is 15.0. The molecule has 4 heterocycles. The molecule has 9 nitrogen and oxygen atoms in total. The minimum absolute atomic E-state index is 0.0344. The Morgan fingerprint density at radius 2 is 2.03 bits per heavy atom. The Balaban J connectivity index is 1.26. The summed E-state index contributed by atoms with van der Waals surface area (Å²) in [7, 11) is 0. The van der Waals surface area contributed by atoms with Gasteiger partial charge in [-0.3, -0.25) is 4.98 Å². The van der Waals surface area contributed by atoms with Gasteiger partial charge < -0.3 is 15.2 Å². The third-order valence-electron chi connectivity index (χ3n) is 6.43. The molecule has 33 heavy (non-hydrogen) atoms. The van der Waals surface area contributed by atoms with Crippen LogP contribution in [-0.4, -0.2) is 54.5 Å². The number of aromatic amines is 2. The van der Waals surface area contributed by atoms with Crippen LogP contribution in [0.3, 0.4) is 0 Å². The number of rotatable bonds is 5. The minimum Gasteiger partial charge on any atom is -0.365 e. The van der Waals surface area contributed by atoms with Gasteiger partial charge in [-0.2, -0.15) is 15.4 Å². The summed E-state index contributed by atoms with van der Waals surface area (Å²) in [5, 5.41) is 14.0. The smallest absolute Gasteiger partial charge is 0.170 e. The van der Waals surface area contributed by atoms with Gasteiger partial charge in [-0.1, -0.05) is 0 Å². The quantitative estimate of drug-likeness (QED) is 0.430. The summed E-state index contributed by atoms with van der Waals surface area (Å²) in [5.41, 5.74) is 2.66. The van der Waals surface area contributed by atoms with Crippen LogP contribution in [0.25, 0.3) is 11.4 Å². The van der Waals surface area contributed by atoms with E-state index in [-0.39, 0.29) is 17.5 Å². The molecule has 1 fully saturated rings. The van der Waals surface area contributed by atoms with Crippen LogP contribution in [0, 0.1) is 11.6 Å². The molecule has 168 valence electrons. The normalized spacial score (nSPS) is 19.8. The van der Waals surface area contributed by atoms with Crippen LogP contribution in [0.15, 0.2) is 37.1 Å². The SMILES string of the molecule is Fc1cc2c(c(-c3ncc(N4CCC(c5cn[nH]n5)C4)[nH]3)c1F)CC(Nc1cnccn1)C2. The average Bonchev–Trinajstić information content (AvgIpc) is 3.61. The largest absolute Gasteiger partial charge is 0.365 e. The van der Waals surface area contributed by atoms with Crippen LogP contribution in [0.2, 0.25) is 0 Å². The zero-order valence-electron chi connectivity index (χ0n) is 17.6. The van der Waals surface area contributed by atoms with Crippen molar-refractivity contribution >= 4 is 11.6 Å². The maximum Gasteiger partial charge on any atom is 0.170 e. The molecule has 2 atom stereocenters. The van der Waals surface area contributed by atoms with Crippen LogP contribution in [0.5, 0.6) is 0 Å². The third kappa shape index (κ3) is 3.59. The van der Waals surface area contributed by atoms with Gasteiger partial charge in [0.05, 0.1) is 29.8 Å². The molecule has 1 aromatic carbocycles. The summed E-state index contributed by atoms with van der Waals surface area (Å²) in [5.74, 6) is 0.266. The van der Waals surface area contributed by atoms with Gasteiger partial charge in [-0.15, -0.1) is 0 Å². The lowest BCUT2D eigenvalue weighted by molar-refractivity contribution is 0.509. The molecule has 0 radical (unpaired) electrons. The molecule has 6 rings (SSSR count). The van der Waals surface area contributed by atoms with Crippen molar-refractivity contribution in [2.24, 2.45) is 0 Å². The number of hydrogen-bond donors (Lipinski definition) is 3. The molecule has 0 saturated carbocycles. The second kappa shape index (κ2) is 7.91. The number of benzene rings is 1. The highest BCUT2D eigenvalue weighted by atomic mass is 19.2. The number of anilines is 2. The average molecular weight is 449 g/mol. The first-order valence-corrected chi connectivity index (χ1v) is 10.8. The van der Waals surface area contributed by atoms with Crippen molar-refractivity contribution in [3.63, 3.8) is 0 Å². The Morgan fingerprint density at radius 3 is 2.85 bits per heavy atom. The maximum absolute atomic E-state index is 15.0. The molecule has 0 spiro atoms. The number of imidazole rings is 1. The highest BCUT2D eigenvalue weighted by molar-refractivity contribution is 5.67. The van der Waals surface area contributed by atoms with E-state index in [2.05, 4.69) is 45.6 Å². The van der Waals surface area contributed by atoms with Gasteiger partial charge in [0.25, 0.3) is 0 Å². The molecule has 0 amide bonds. The first kappa shape index (κ1) is 19.8. The molecule has 2 unspecified atom stereocenters. The molecule has 3 N–H and O–H groups in total. The Hall–Kier alpha value is -3.89. The summed E-state index contributed by atoms with van der Waals surface area (Å²) >= 11 is 0. The Morgan fingerprint density at radius 1 is 1.09 bits per heavy atom. The van der Waals surface area contributed by atoms with Gasteiger partial charge in [-0.05, 0) is 36.5 Å². The number of fused-ring (bicyclic) bond motifs is 1. The Bertz CT molecular complexity index is 1270. The monoisotopic (exact) mass is 449 g/mol. The summed E-state index contributed by atoms with van der Waals surface area (Å²) in [6, 6.07) is 1.26. The van der Waals surface area contributed by atoms with Crippen LogP contribution < -0.4 is 10.2 Å². The van der Waals surface area contributed by atoms with Crippen LogP contribution in [0.4, 0.5) is 20.4 Å². The van der Waals surface area contributed by atoms with Crippen molar-refractivity contribution in [2.45, 2.75) is 31.2 Å². The molecule has 2 aliphatic rings. The molecular formula is C22H21F2N9. The van der Waals surface area contributed by atoms with Crippen molar-refractivity contribution in [1.29, 1.82) is 0 Å². The third-order valence-corrected chi connectivity index (χ3v) is 6.43. The molecule has 4 aromatic rings. The second-order valence-electron chi connectivity index (χ2n) is 8.47. The van der Waals surface area contributed by atoms with E-state index in [0.29, 0.717) is 24.5 Å². The zero-order chi connectivity index (χ0) is 22.4. The highest BCUT2D eigenvalue weighted by Crippen LogP contribution is 2.37. The number of hydrogen-bond acceptors (Lipinski definition) is 7. The van der Waals surface area contributed by atoms with E-state index >= 15 is 4.39 Å².